The van der Waals surface area contributed by atoms with E-state index in [1.165, 1.54) is 4.90 Å². The number of aliphatic carboxylic acids is 1. The normalized spacial score (nSPS) is 11.9. The molecule has 5 heteroatoms. The van der Waals surface area contributed by atoms with Gasteiger partial charge in [-0.15, -0.1) is 0 Å². The van der Waals surface area contributed by atoms with Crippen LogP contribution in [-0.2, 0) is 4.79 Å². The van der Waals surface area contributed by atoms with Crippen molar-refractivity contribution in [2.75, 3.05) is 13.6 Å². The van der Waals surface area contributed by atoms with E-state index in [4.69, 9.17) is 16.7 Å². The van der Waals surface area contributed by atoms with E-state index in [0.717, 1.165) is 0 Å². The third-order valence-electron chi connectivity index (χ3n) is 2.39. The first kappa shape index (κ1) is 13.5. The molecule has 0 aliphatic rings. The van der Waals surface area contributed by atoms with Gasteiger partial charge in [0.25, 0.3) is 5.91 Å². The molecular formula is C12H14ClNO3. The maximum atomic E-state index is 11.9. The van der Waals surface area contributed by atoms with E-state index in [-0.39, 0.29) is 12.5 Å². The second kappa shape index (κ2) is 5.68. The van der Waals surface area contributed by atoms with E-state index in [9.17, 15) is 9.59 Å². The van der Waals surface area contributed by atoms with Crippen LogP contribution in [0, 0.1) is 5.92 Å². The van der Waals surface area contributed by atoms with Gasteiger partial charge in [-0.05, 0) is 18.2 Å². The van der Waals surface area contributed by atoms with Crippen molar-refractivity contribution >= 4 is 23.5 Å². The van der Waals surface area contributed by atoms with E-state index in [1.54, 1.807) is 38.2 Å². The van der Waals surface area contributed by atoms with E-state index < -0.39 is 11.9 Å². The van der Waals surface area contributed by atoms with Crippen molar-refractivity contribution in [3.63, 3.8) is 0 Å². The predicted molar refractivity (Wildman–Crippen MR) is 65.2 cm³/mol. The highest BCUT2D eigenvalue weighted by Gasteiger charge is 2.18. The fourth-order valence-corrected chi connectivity index (χ4v) is 1.60. The van der Waals surface area contributed by atoms with E-state index in [1.807, 2.05) is 0 Å². The summed E-state index contributed by atoms with van der Waals surface area (Å²) in [6.07, 6.45) is 0. The maximum Gasteiger partial charge on any atom is 0.308 e. The minimum Gasteiger partial charge on any atom is -0.481 e. The van der Waals surface area contributed by atoms with E-state index in [0.29, 0.717) is 10.6 Å². The Morgan fingerprint density at radius 3 is 2.65 bits per heavy atom. The zero-order chi connectivity index (χ0) is 13.0. The van der Waals surface area contributed by atoms with E-state index >= 15 is 0 Å². The average molecular weight is 256 g/mol. The molecule has 1 rings (SSSR count). The Morgan fingerprint density at radius 2 is 2.12 bits per heavy atom. The van der Waals surface area contributed by atoms with Gasteiger partial charge in [0.05, 0.1) is 5.92 Å². The summed E-state index contributed by atoms with van der Waals surface area (Å²) in [5.41, 5.74) is 0.456. The lowest BCUT2D eigenvalue weighted by Crippen LogP contribution is -2.33. The standard InChI is InChI=1S/C12H14ClNO3/c1-8(12(16)17)7-14(2)11(15)9-4-3-5-10(13)6-9/h3-6,8H,7H2,1-2H3,(H,16,17). The van der Waals surface area contributed by atoms with Gasteiger partial charge in [-0.25, -0.2) is 0 Å². The smallest absolute Gasteiger partial charge is 0.308 e. The molecule has 1 aromatic rings. The first-order valence-corrected chi connectivity index (χ1v) is 5.53. The monoisotopic (exact) mass is 255 g/mol. The number of carbonyl (C=O) groups is 2. The Bertz CT molecular complexity index is 434. The predicted octanol–water partition coefficient (Wildman–Crippen LogP) is 2.13. The second-order valence-corrected chi connectivity index (χ2v) is 4.37. The summed E-state index contributed by atoms with van der Waals surface area (Å²) in [7, 11) is 1.57. The molecule has 1 unspecified atom stereocenters. The van der Waals surface area contributed by atoms with Gasteiger partial charge in [0.15, 0.2) is 0 Å². The van der Waals surface area contributed by atoms with Gasteiger partial charge in [-0.2, -0.15) is 0 Å². The molecule has 4 nitrogen and oxygen atoms in total. The van der Waals surface area contributed by atoms with Crippen molar-refractivity contribution in [1.29, 1.82) is 0 Å². The van der Waals surface area contributed by atoms with Crippen molar-refractivity contribution in [3.05, 3.63) is 34.9 Å². The lowest BCUT2D eigenvalue weighted by Gasteiger charge is -2.19. The molecule has 0 radical (unpaired) electrons. The summed E-state index contributed by atoms with van der Waals surface area (Å²) in [5.74, 6) is -1.75. The van der Waals surface area contributed by atoms with Crippen LogP contribution in [-0.4, -0.2) is 35.5 Å². The van der Waals surface area contributed by atoms with Crippen LogP contribution in [0.1, 0.15) is 17.3 Å². The molecular weight excluding hydrogens is 242 g/mol. The fourth-order valence-electron chi connectivity index (χ4n) is 1.41. The Labute approximate surface area is 105 Å². The number of carboxylic acids is 1. The van der Waals surface area contributed by atoms with Gasteiger partial charge in [0.2, 0.25) is 0 Å². The van der Waals surface area contributed by atoms with Gasteiger partial charge in [-0.3, -0.25) is 9.59 Å². The number of carbonyl (C=O) groups excluding carboxylic acids is 1. The number of rotatable bonds is 4. The zero-order valence-electron chi connectivity index (χ0n) is 9.68. The molecule has 92 valence electrons. The Hall–Kier alpha value is -1.55. The molecule has 1 aromatic carbocycles. The molecule has 0 heterocycles. The van der Waals surface area contributed by atoms with Gasteiger partial charge >= 0.3 is 5.97 Å². The second-order valence-electron chi connectivity index (χ2n) is 3.94. The van der Waals surface area contributed by atoms with Crippen LogP contribution in [0.3, 0.4) is 0 Å². The lowest BCUT2D eigenvalue weighted by atomic mass is 10.1. The molecule has 0 saturated heterocycles. The highest BCUT2D eigenvalue weighted by Crippen LogP contribution is 2.13. The Balaban J connectivity index is 2.73. The maximum absolute atomic E-state index is 11.9. The fraction of sp³-hybridized carbons (Fsp3) is 0.333. The number of nitrogens with zero attached hydrogens (tertiary/aromatic N) is 1. The topological polar surface area (TPSA) is 57.6 Å². The van der Waals surface area contributed by atoms with Crippen LogP contribution in [0.15, 0.2) is 24.3 Å². The summed E-state index contributed by atoms with van der Waals surface area (Å²) in [6, 6.07) is 6.57. The quantitative estimate of drug-likeness (QED) is 0.897. The van der Waals surface area contributed by atoms with Crippen LogP contribution >= 0.6 is 11.6 Å². The number of amides is 1. The number of hydrogen-bond acceptors (Lipinski definition) is 2. The number of hydrogen-bond donors (Lipinski definition) is 1. The van der Waals surface area contributed by atoms with Crippen molar-refractivity contribution in [1.82, 2.24) is 4.90 Å². The number of halogens is 1. The number of carboxylic acid groups (broad SMARTS) is 1. The molecule has 1 atom stereocenters. The van der Waals surface area contributed by atoms with E-state index in [2.05, 4.69) is 0 Å². The van der Waals surface area contributed by atoms with Crippen LogP contribution in [0.5, 0.6) is 0 Å². The molecule has 0 spiro atoms. The summed E-state index contributed by atoms with van der Waals surface area (Å²) in [5, 5.41) is 9.25. The molecule has 0 aliphatic carbocycles. The molecule has 1 amide bonds. The molecule has 0 bridgehead atoms. The summed E-state index contributed by atoms with van der Waals surface area (Å²) < 4.78 is 0. The van der Waals surface area contributed by atoms with Gasteiger partial charge in [0.1, 0.15) is 0 Å². The SMILES string of the molecule is CC(CN(C)C(=O)c1cccc(Cl)c1)C(=O)O. The molecule has 0 fully saturated rings. The largest absolute Gasteiger partial charge is 0.481 e. The van der Waals surface area contributed by atoms with Crippen LogP contribution in [0.25, 0.3) is 0 Å². The van der Waals surface area contributed by atoms with Crippen LogP contribution in [0.4, 0.5) is 0 Å². The van der Waals surface area contributed by atoms with Crippen LogP contribution < -0.4 is 0 Å². The van der Waals surface area contributed by atoms with Crippen molar-refractivity contribution in [3.8, 4) is 0 Å². The molecule has 17 heavy (non-hydrogen) atoms. The summed E-state index contributed by atoms with van der Waals surface area (Å²) in [6.45, 7) is 1.73. The highest BCUT2D eigenvalue weighted by molar-refractivity contribution is 6.30. The Morgan fingerprint density at radius 1 is 1.47 bits per heavy atom. The molecule has 0 aliphatic heterocycles. The number of benzene rings is 1. The van der Waals surface area contributed by atoms with Gasteiger partial charge in [0, 0.05) is 24.2 Å². The zero-order valence-corrected chi connectivity index (χ0v) is 10.4. The lowest BCUT2D eigenvalue weighted by molar-refractivity contribution is -0.141. The highest BCUT2D eigenvalue weighted by atomic mass is 35.5. The molecule has 0 aromatic heterocycles. The minimum atomic E-state index is -0.921. The minimum absolute atomic E-state index is 0.167. The molecule has 0 saturated carbocycles. The van der Waals surface area contributed by atoms with Gasteiger partial charge in [-0.1, -0.05) is 24.6 Å². The third-order valence-corrected chi connectivity index (χ3v) is 2.62. The first-order valence-electron chi connectivity index (χ1n) is 5.15. The average Bonchev–Trinajstić information content (AvgIpc) is 2.27. The van der Waals surface area contributed by atoms with Crippen molar-refractivity contribution in [2.45, 2.75) is 6.92 Å². The third kappa shape index (κ3) is 3.75. The first-order chi connectivity index (χ1) is 7.91. The Kier molecular flexibility index (Phi) is 4.52. The van der Waals surface area contributed by atoms with Crippen LogP contribution in [0.2, 0.25) is 5.02 Å². The summed E-state index contributed by atoms with van der Waals surface area (Å²) >= 11 is 5.78. The summed E-state index contributed by atoms with van der Waals surface area (Å²) in [4.78, 5) is 24.0. The molecule has 1 N–H and O–H groups in total. The van der Waals surface area contributed by atoms with Crippen molar-refractivity contribution < 1.29 is 14.7 Å². The van der Waals surface area contributed by atoms with Crippen molar-refractivity contribution in [2.24, 2.45) is 5.92 Å². The van der Waals surface area contributed by atoms with Gasteiger partial charge < -0.3 is 10.0 Å².